The number of aliphatic carboxylic acids is 1. The number of amides is 1. The minimum absolute atomic E-state index is 0.129. The van der Waals surface area contributed by atoms with Gasteiger partial charge in [-0.3, -0.25) is 14.3 Å². The Kier molecular flexibility index (Phi) is 3.81. The van der Waals surface area contributed by atoms with Gasteiger partial charge in [-0.05, 0) is 6.07 Å². The maximum Gasteiger partial charge on any atom is 0.325 e. The monoisotopic (exact) mass is 213 g/mol. The highest BCUT2D eigenvalue weighted by Crippen LogP contribution is 1.95. The van der Waals surface area contributed by atoms with Crippen molar-refractivity contribution in [2.45, 2.75) is 6.54 Å². The fourth-order valence-electron chi connectivity index (χ4n) is 0.969. The topological polar surface area (TPSA) is 104 Å². The minimum atomic E-state index is -1.03. The molecule has 7 heteroatoms. The van der Waals surface area contributed by atoms with Crippen molar-refractivity contribution in [2.75, 3.05) is 13.2 Å². The average Bonchev–Trinajstić information content (AvgIpc) is 2.61. The lowest BCUT2D eigenvalue weighted by molar-refractivity contribution is -0.137. The molecule has 7 nitrogen and oxygen atoms in total. The maximum absolute atomic E-state index is 11.3. The van der Waals surface area contributed by atoms with Crippen LogP contribution in [-0.2, 0) is 11.3 Å². The van der Waals surface area contributed by atoms with Gasteiger partial charge in [-0.2, -0.15) is 5.10 Å². The Morgan fingerprint density at radius 1 is 1.53 bits per heavy atom. The zero-order valence-electron chi connectivity index (χ0n) is 7.88. The standard InChI is InChI=1S/C8H11N3O4/c12-4-2-9-8(15)6-1-3-11(10-6)5-7(13)14/h1,3,12H,2,4-5H2,(H,9,15)(H,13,14). The molecule has 1 aromatic heterocycles. The molecule has 1 aromatic rings. The summed E-state index contributed by atoms with van der Waals surface area (Å²) in [5.41, 5.74) is 0.129. The van der Waals surface area contributed by atoms with E-state index in [1.807, 2.05) is 0 Å². The first-order valence-electron chi connectivity index (χ1n) is 4.28. The van der Waals surface area contributed by atoms with Gasteiger partial charge in [-0.15, -0.1) is 0 Å². The number of carbonyl (C=O) groups is 2. The van der Waals surface area contributed by atoms with E-state index in [1.165, 1.54) is 12.3 Å². The average molecular weight is 213 g/mol. The van der Waals surface area contributed by atoms with Gasteiger partial charge in [0.05, 0.1) is 6.61 Å². The minimum Gasteiger partial charge on any atom is -0.480 e. The van der Waals surface area contributed by atoms with Crippen LogP contribution in [0.2, 0.25) is 0 Å². The third-order valence-corrected chi connectivity index (χ3v) is 1.57. The second-order valence-electron chi connectivity index (χ2n) is 2.77. The van der Waals surface area contributed by atoms with E-state index in [9.17, 15) is 9.59 Å². The lowest BCUT2D eigenvalue weighted by atomic mass is 10.4. The molecule has 0 fully saturated rings. The molecule has 0 atom stereocenters. The Labute approximate surface area is 85.3 Å². The largest absolute Gasteiger partial charge is 0.480 e. The van der Waals surface area contributed by atoms with Crippen LogP contribution in [0.25, 0.3) is 0 Å². The molecule has 1 heterocycles. The summed E-state index contributed by atoms with van der Waals surface area (Å²) in [4.78, 5) is 21.6. The molecule has 0 radical (unpaired) electrons. The Balaban J connectivity index is 2.59. The molecule has 0 saturated heterocycles. The van der Waals surface area contributed by atoms with Crippen LogP contribution in [0.3, 0.4) is 0 Å². The van der Waals surface area contributed by atoms with Crippen molar-refractivity contribution < 1.29 is 19.8 Å². The summed E-state index contributed by atoms with van der Waals surface area (Å²) < 4.78 is 1.15. The molecule has 0 aromatic carbocycles. The van der Waals surface area contributed by atoms with Crippen molar-refractivity contribution >= 4 is 11.9 Å². The zero-order chi connectivity index (χ0) is 11.3. The van der Waals surface area contributed by atoms with Gasteiger partial charge in [0.15, 0.2) is 0 Å². The number of hydrogen-bond acceptors (Lipinski definition) is 4. The lowest BCUT2D eigenvalue weighted by Gasteiger charge is -1.99. The van der Waals surface area contributed by atoms with Gasteiger partial charge < -0.3 is 15.5 Å². The van der Waals surface area contributed by atoms with Gasteiger partial charge >= 0.3 is 5.97 Å². The second-order valence-corrected chi connectivity index (χ2v) is 2.77. The summed E-state index contributed by atoms with van der Waals surface area (Å²) in [6, 6.07) is 1.41. The normalized spacial score (nSPS) is 9.93. The number of nitrogens with one attached hydrogen (secondary N) is 1. The van der Waals surface area contributed by atoms with Crippen LogP contribution in [0.15, 0.2) is 12.3 Å². The molecule has 0 unspecified atom stereocenters. The van der Waals surface area contributed by atoms with Crippen molar-refractivity contribution in [3.63, 3.8) is 0 Å². The van der Waals surface area contributed by atoms with E-state index in [2.05, 4.69) is 10.4 Å². The molecular weight excluding hydrogens is 202 g/mol. The van der Waals surface area contributed by atoms with E-state index >= 15 is 0 Å². The molecule has 0 aliphatic rings. The van der Waals surface area contributed by atoms with E-state index in [1.54, 1.807) is 0 Å². The summed E-state index contributed by atoms with van der Waals surface area (Å²) in [6.07, 6.45) is 1.40. The third kappa shape index (κ3) is 3.39. The van der Waals surface area contributed by atoms with Gasteiger partial charge in [0.25, 0.3) is 5.91 Å². The Morgan fingerprint density at radius 2 is 2.27 bits per heavy atom. The summed E-state index contributed by atoms with van der Waals surface area (Å²) >= 11 is 0. The van der Waals surface area contributed by atoms with Gasteiger partial charge in [-0.1, -0.05) is 0 Å². The molecule has 0 bridgehead atoms. The number of nitrogens with zero attached hydrogens (tertiary/aromatic N) is 2. The van der Waals surface area contributed by atoms with Crippen LogP contribution < -0.4 is 5.32 Å². The molecule has 15 heavy (non-hydrogen) atoms. The van der Waals surface area contributed by atoms with Crippen molar-refractivity contribution in [1.29, 1.82) is 0 Å². The van der Waals surface area contributed by atoms with Crippen LogP contribution in [0.5, 0.6) is 0 Å². The number of aliphatic hydroxyl groups excluding tert-OH is 1. The van der Waals surface area contributed by atoms with Crippen LogP contribution in [-0.4, -0.2) is 45.0 Å². The van der Waals surface area contributed by atoms with Crippen LogP contribution in [0.4, 0.5) is 0 Å². The molecule has 0 saturated carbocycles. The summed E-state index contributed by atoms with van der Waals surface area (Å²) in [7, 11) is 0. The van der Waals surface area contributed by atoms with E-state index in [-0.39, 0.29) is 25.4 Å². The third-order valence-electron chi connectivity index (χ3n) is 1.57. The Bertz CT molecular complexity index is 361. The number of carbonyl (C=O) groups excluding carboxylic acids is 1. The number of carboxylic acid groups (broad SMARTS) is 1. The molecule has 82 valence electrons. The first kappa shape index (κ1) is 11.2. The van der Waals surface area contributed by atoms with Crippen LogP contribution in [0, 0.1) is 0 Å². The van der Waals surface area contributed by atoms with E-state index in [0.717, 1.165) is 4.68 Å². The number of aromatic nitrogens is 2. The Morgan fingerprint density at radius 3 is 2.87 bits per heavy atom. The molecule has 1 rings (SSSR count). The number of hydrogen-bond donors (Lipinski definition) is 3. The van der Waals surface area contributed by atoms with E-state index < -0.39 is 11.9 Å². The molecular formula is C8H11N3O4. The van der Waals surface area contributed by atoms with E-state index in [0.29, 0.717) is 0 Å². The van der Waals surface area contributed by atoms with Gasteiger partial charge in [-0.25, -0.2) is 0 Å². The van der Waals surface area contributed by atoms with Crippen LogP contribution >= 0.6 is 0 Å². The van der Waals surface area contributed by atoms with Crippen molar-refractivity contribution in [1.82, 2.24) is 15.1 Å². The number of carboxylic acids is 1. The molecule has 1 amide bonds. The predicted molar refractivity (Wildman–Crippen MR) is 49.3 cm³/mol. The molecule has 0 spiro atoms. The smallest absolute Gasteiger partial charge is 0.325 e. The highest BCUT2D eigenvalue weighted by atomic mass is 16.4. The Hall–Kier alpha value is -1.89. The number of aliphatic hydroxyl groups is 1. The van der Waals surface area contributed by atoms with Gasteiger partial charge in [0.1, 0.15) is 12.2 Å². The van der Waals surface area contributed by atoms with Crippen LogP contribution in [0.1, 0.15) is 10.5 Å². The highest BCUT2D eigenvalue weighted by molar-refractivity contribution is 5.92. The molecule has 0 aliphatic heterocycles. The summed E-state index contributed by atoms with van der Waals surface area (Å²) in [5, 5.41) is 23.1. The SMILES string of the molecule is O=C(O)Cn1ccc(C(=O)NCCO)n1. The van der Waals surface area contributed by atoms with Gasteiger partial charge in [0.2, 0.25) is 0 Å². The quantitative estimate of drug-likeness (QED) is 0.563. The second kappa shape index (κ2) is 5.11. The summed E-state index contributed by atoms with van der Waals surface area (Å²) in [5.74, 6) is -1.46. The fourth-order valence-corrected chi connectivity index (χ4v) is 0.969. The predicted octanol–water partition coefficient (Wildman–Crippen LogP) is -1.31. The first-order valence-corrected chi connectivity index (χ1v) is 4.28. The summed E-state index contributed by atoms with van der Waals surface area (Å²) in [6.45, 7) is -0.292. The van der Waals surface area contributed by atoms with E-state index in [4.69, 9.17) is 10.2 Å². The number of rotatable bonds is 5. The lowest BCUT2D eigenvalue weighted by Crippen LogP contribution is -2.27. The molecule has 0 aliphatic carbocycles. The van der Waals surface area contributed by atoms with Gasteiger partial charge in [0, 0.05) is 12.7 Å². The maximum atomic E-state index is 11.3. The zero-order valence-corrected chi connectivity index (χ0v) is 7.88. The van der Waals surface area contributed by atoms with Crippen molar-refractivity contribution in [2.24, 2.45) is 0 Å². The fraction of sp³-hybridized carbons (Fsp3) is 0.375. The first-order chi connectivity index (χ1) is 7.13. The van der Waals surface area contributed by atoms with Crippen molar-refractivity contribution in [3.8, 4) is 0 Å². The van der Waals surface area contributed by atoms with Crippen molar-refractivity contribution in [3.05, 3.63) is 18.0 Å². The highest BCUT2D eigenvalue weighted by Gasteiger charge is 2.09. The molecule has 3 N–H and O–H groups in total.